The summed E-state index contributed by atoms with van der Waals surface area (Å²) in [4.78, 5) is 27.4. The Morgan fingerprint density at radius 2 is 1.02 bits per heavy atom. The standard InChI is InChI=1S/C58H94N2O5/c1-5-7-9-11-13-15-17-19-21-23-24-25-26-28-30-32-34-36-38-44-55(61)64-54-49-51(60(62)63)48-50-45-46-58(65-56(50)54)57(3,4)52-42-39-40-43-53(52)59(58)47-41-37-35-33-31-29-27-22-20-18-16-14-12-10-8-6-2/h39-40,42-43,45-46,48-49H,5-38,41,44,47H2,1-4H3. The molecule has 366 valence electrons. The summed E-state index contributed by atoms with van der Waals surface area (Å²) in [6.07, 6.45) is 50.2. The van der Waals surface area contributed by atoms with E-state index in [4.69, 9.17) is 9.47 Å². The van der Waals surface area contributed by atoms with Gasteiger partial charge in [0, 0.05) is 30.3 Å². The zero-order valence-electron chi connectivity index (χ0n) is 42.2. The Morgan fingerprint density at radius 3 is 1.46 bits per heavy atom. The predicted molar refractivity (Wildman–Crippen MR) is 275 cm³/mol. The molecule has 2 aliphatic heterocycles. The molecule has 7 nitrogen and oxygen atoms in total. The summed E-state index contributed by atoms with van der Waals surface area (Å²) in [6, 6.07) is 11.4. The SMILES string of the molecule is CCCCCCCCCCCCCCCCCCCCCC(=O)Oc1cc([N+](=O)[O-])cc2c1OC1(C=C2)N(CCCCCCCCCCCCCCCCCC)c2ccccc2C1(C)C. The van der Waals surface area contributed by atoms with Crippen LogP contribution in [0.3, 0.4) is 0 Å². The van der Waals surface area contributed by atoms with Gasteiger partial charge < -0.3 is 14.4 Å². The lowest BCUT2D eigenvalue weighted by Gasteiger charge is -2.47. The number of nitrogens with zero attached hydrogens (tertiary/aromatic N) is 2. The monoisotopic (exact) mass is 899 g/mol. The van der Waals surface area contributed by atoms with Crippen molar-refractivity contribution in [3.63, 3.8) is 0 Å². The Morgan fingerprint density at radius 1 is 0.600 bits per heavy atom. The first-order valence-corrected chi connectivity index (χ1v) is 27.5. The van der Waals surface area contributed by atoms with E-state index < -0.39 is 16.1 Å². The van der Waals surface area contributed by atoms with Crippen LogP contribution in [-0.2, 0) is 10.2 Å². The molecule has 1 atom stereocenters. The van der Waals surface area contributed by atoms with Crippen molar-refractivity contribution in [1.29, 1.82) is 0 Å². The van der Waals surface area contributed by atoms with Crippen molar-refractivity contribution in [3.05, 3.63) is 63.7 Å². The van der Waals surface area contributed by atoms with Crippen molar-refractivity contribution in [2.75, 3.05) is 11.4 Å². The number of benzene rings is 2. The molecule has 2 aromatic carbocycles. The second kappa shape index (κ2) is 31.6. The van der Waals surface area contributed by atoms with E-state index in [9.17, 15) is 14.9 Å². The maximum atomic E-state index is 13.3. The summed E-state index contributed by atoms with van der Waals surface area (Å²) in [6.45, 7) is 9.82. The number of hydrogen-bond donors (Lipinski definition) is 0. The van der Waals surface area contributed by atoms with E-state index >= 15 is 0 Å². The lowest BCUT2D eigenvalue weighted by molar-refractivity contribution is -0.385. The Bertz CT molecular complexity index is 1650. The second-order valence-electron chi connectivity index (χ2n) is 20.4. The van der Waals surface area contributed by atoms with Crippen molar-refractivity contribution in [3.8, 4) is 11.5 Å². The Labute approximate surface area is 397 Å². The maximum absolute atomic E-state index is 13.3. The number of para-hydroxylation sites is 1. The summed E-state index contributed by atoms with van der Waals surface area (Å²) in [5.74, 6) is 0.165. The molecular weight excluding hydrogens is 805 g/mol. The first-order valence-electron chi connectivity index (χ1n) is 27.5. The van der Waals surface area contributed by atoms with Gasteiger partial charge in [0.2, 0.25) is 5.72 Å². The fourth-order valence-corrected chi connectivity index (χ4v) is 10.5. The van der Waals surface area contributed by atoms with E-state index in [0.717, 1.165) is 44.3 Å². The molecular formula is C58H94N2O5. The zero-order valence-corrected chi connectivity index (χ0v) is 42.2. The molecule has 0 saturated heterocycles. The van der Waals surface area contributed by atoms with E-state index in [0.29, 0.717) is 11.3 Å². The van der Waals surface area contributed by atoms with Crippen LogP contribution < -0.4 is 14.4 Å². The summed E-state index contributed by atoms with van der Waals surface area (Å²) in [5, 5.41) is 12.1. The van der Waals surface area contributed by atoms with Crippen LogP contribution in [0.2, 0.25) is 0 Å². The lowest BCUT2D eigenvalue weighted by atomic mass is 9.76. The molecule has 2 aromatic rings. The van der Waals surface area contributed by atoms with Crippen LogP contribution in [0.15, 0.2) is 42.5 Å². The van der Waals surface area contributed by atoms with Gasteiger partial charge in [-0.3, -0.25) is 14.9 Å². The van der Waals surface area contributed by atoms with Gasteiger partial charge in [0.05, 0.1) is 16.4 Å². The number of esters is 1. The number of hydrogen-bond acceptors (Lipinski definition) is 6. The lowest BCUT2D eigenvalue weighted by Crippen LogP contribution is -2.59. The second-order valence-corrected chi connectivity index (χ2v) is 20.4. The molecule has 1 unspecified atom stereocenters. The normalized spacial score (nSPS) is 15.9. The Kier molecular flexibility index (Phi) is 26.4. The highest BCUT2D eigenvalue weighted by molar-refractivity contribution is 5.78. The zero-order chi connectivity index (χ0) is 46.4. The molecule has 0 aromatic heterocycles. The van der Waals surface area contributed by atoms with Gasteiger partial charge in [0.25, 0.3) is 5.69 Å². The van der Waals surface area contributed by atoms with Gasteiger partial charge >= 0.3 is 5.97 Å². The number of unbranched alkanes of at least 4 members (excludes halogenated alkanes) is 33. The first kappa shape index (κ1) is 54.3. The number of non-ortho nitro benzene ring substituents is 1. The Hall–Kier alpha value is -3.35. The molecule has 1 spiro atoms. The van der Waals surface area contributed by atoms with Gasteiger partial charge in [-0.1, -0.05) is 244 Å². The predicted octanol–water partition coefficient (Wildman–Crippen LogP) is 18.5. The highest BCUT2D eigenvalue weighted by Crippen LogP contribution is 2.56. The van der Waals surface area contributed by atoms with Crippen molar-refractivity contribution in [1.82, 2.24) is 0 Å². The number of anilines is 1. The van der Waals surface area contributed by atoms with Crippen LogP contribution in [0.5, 0.6) is 11.5 Å². The molecule has 0 bridgehead atoms. The van der Waals surface area contributed by atoms with Gasteiger partial charge in [-0.25, -0.2) is 0 Å². The number of nitro benzene ring substituents is 1. The minimum absolute atomic E-state index is 0.113. The minimum Gasteiger partial charge on any atom is -0.459 e. The molecule has 7 heteroatoms. The minimum atomic E-state index is -0.885. The third-order valence-electron chi connectivity index (χ3n) is 14.6. The summed E-state index contributed by atoms with van der Waals surface area (Å²) >= 11 is 0. The average molecular weight is 899 g/mol. The fraction of sp³-hybridized carbons (Fsp3) is 0.741. The largest absolute Gasteiger partial charge is 0.459 e. The topological polar surface area (TPSA) is 81.9 Å². The maximum Gasteiger partial charge on any atom is 0.311 e. The molecule has 2 heterocycles. The molecule has 2 aliphatic rings. The average Bonchev–Trinajstić information content (AvgIpc) is 3.47. The summed E-state index contributed by atoms with van der Waals surface area (Å²) < 4.78 is 13.1. The Balaban J connectivity index is 1.19. The van der Waals surface area contributed by atoms with E-state index in [1.807, 2.05) is 6.08 Å². The molecule has 0 N–H and O–H groups in total. The van der Waals surface area contributed by atoms with E-state index in [1.165, 1.54) is 210 Å². The molecule has 0 radical (unpaired) electrons. The van der Waals surface area contributed by atoms with Crippen LogP contribution in [-0.4, -0.2) is 23.2 Å². The van der Waals surface area contributed by atoms with Crippen molar-refractivity contribution in [2.45, 2.75) is 270 Å². The molecule has 0 saturated carbocycles. The van der Waals surface area contributed by atoms with Crippen LogP contribution in [0.1, 0.15) is 270 Å². The van der Waals surface area contributed by atoms with Crippen molar-refractivity contribution < 1.29 is 19.2 Å². The van der Waals surface area contributed by atoms with E-state index in [1.54, 1.807) is 0 Å². The fourth-order valence-electron chi connectivity index (χ4n) is 10.5. The molecule has 0 amide bonds. The van der Waals surface area contributed by atoms with Gasteiger partial charge in [0.1, 0.15) is 0 Å². The number of nitro groups is 1. The van der Waals surface area contributed by atoms with Gasteiger partial charge in [0.15, 0.2) is 11.5 Å². The first-order chi connectivity index (χ1) is 31.7. The number of carbonyl (C=O) groups is 1. The van der Waals surface area contributed by atoms with Crippen molar-refractivity contribution >= 4 is 23.4 Å². The quantitative estimate of drug-likeness (QED) is 0.0219. The van der Waals surface area contributed by atoms with Crippen LogP contribution >= 0.6 is 0 Å². The van der Waals surface area contributed by atoms with Gasteiger partial charge in [-0.05, 0) is 50.5 Å². The van der Waals surface area contributed by atoms with E-state index in [-0.39, 0.29) is 23.8 Å². The third kappa shape index (κ3) is 18.3. The highest BCUT2D eigenvalue weighted by atomic mass is 16.6. The van der Waals surface area contributed by atoms with Crippen molar-refractivity contribution in [2.24, 2.45) is 0 Å². The van der Waals surface area contributed by atoms with Crippen LogP contribution in [0, 0.1) is 10.1 Å². The number of rotatable bonds is 39. The number of fused-ring (bicyclic) bond motifs is 2. The molecule has 0 aliphatic carbocycles. The third-order valence-corrected chi connectivity index (χ3v) is 14.6. The van der Waals surface area contributed by atoms with E-state index in [2.05, 4.69) is 62.9 Å². The molecule has 65 heavy (non-hydrogen) atoms. The summed E-state index contributed by atoms with van der Waals surface area (Å²) in [7, 11) is 0. The molecule has 0 fully saturated rings. The smallest absolute Gasteiger partial charge is 0.311 e. The highest BCUT2D eigenvalue weighted by Gasteiger charge is 2.59. The van der Waals surface area contributed by atoms with Gasteiger partial charge in [-0.2, -0.15) is 0 Å². The summed E-state index contributed by atoms with van der Waals surface area (Å²) in [5.41, 5.74) is 1.46. The number of ether oxygens (including phenoxy) is 2. The van der Waals surface area contributed by atoms with Crippen LogP contribution in [0.25, 0.3) is 6.08 Å². The number of carbonyl (C=O) groups excluding carboxylic acids is 1. The van der Waals surface area contributed by atoms with Gasteiger partial charge in [-0.15, -0.1) is 0 Å². The van der Waals surface area contributed by atoms with Crippen LogP contribution in [0.4, 0.5) is 11.4 Å². The molecule has 4 rings (SSSR count).